The summed E-state index contributed by atoms with van der Waals surface area (Å²) >= 11 is 0. The van der Waals surface area contributed by atoms with Gasteiger partial charge in [-0.2, -0.15) is 0 Å². The molecule has 1 saturated heterocycles. The number of hydrogen-bond acceptors (Lipinski definition) is 4. The van der Waals surface area contributed by atoms with Crippen LogP contribution in [0.3, 0.4) is 0 Å². The molecular formula is C13H18N2O3. The van der Waals surface area contributed by atoms with Crippen LogP contribution in [0, 0.1) is 5.92 Å². The Bertz CT molecular complexity index is 416. The van der Waals surface area contributed by atoms with E-state index in [9.17, 15) is 4.79 Å². The maximum absolute atomic E-state index is 11.0. The number of aromatic nitrogens is 1. The van der Waals surface area contributed by atoms with Crippen molar-refractivity contribution in [2.24, 2.45) is 5.92 Å². The van der Waals surface area contributed by atoms with Gasteiger partial charge in [-0.3, -0.25) is 4.98 Å². The Morgan fingerprint density at radius 2 is 2.56 bits per heavy atom. The first-order valence-corrected chi connectivity index (χ1v) is 6.17. The van der Waals surface area contributed by atoms with Crippen molar-refractivity contribution in [3.63, 3.8) is 0 Å². The SMILES string of the molecule is CC(NCc1ncccc1C(=O)O)C1CCOC1. The van der Waals surface area contributed by atoms with E-state index in [4.69, 9.17) is 9.84 Å². The summed E-state index contributed by atoms with van der Waals surface area (Å²) in [6.07, 6.45) is 2.68. The number of nitrogens with one attached hydrogen (secondary N) is 1. The summed E-state index contributed by atoms with van der Waals surface area (Å²) in [4.78, 5) is 15.2. The van der Waals surface area contributed by atoms with E-state index in [1.165, 1.54) is 0 Å². The van der Waals surface area contributed by atoms with E-state index < -0.39 is 5.97 Å². The van der Waals surface area contributed by atoms with E-state index in [-0.39, 0.29) is 5.56 Å². The molecule has 18 heavy (non-hydrogen) atoms. The quantitative estimate of drug-likeness (QED) is 0.824. The van der Waals surface area contributed by atoms with E-state index in [0.29, 0.717) is 24.2 Å². The summed E-state index contributed by atoms with van der Waals surface area (Å²) in [7, 11) is 0. The van der Waals surface area contributed by atoms with Gasteiger partial charge in [0.2, 0.25) is 0 Å². The van der Waals surface area contributed by atoms with Gasteiger partial charge in [0, 0.05) is 25.4 Å². The third-order valence-corrected chi connectivity index (χ3v) is 3.38. The summed E-state index contributed by atoms with van der Waals surface area (Å²) in [5.74, 6) is -0.432. The maximum Gasteiger partial charge on any atom is 0.337 e. The van der Waals surface area contributed by atoms with Crippen molar-refractivity contribution in [3.05, 3.63) is 29.6 Å². The molecular weight excluding hydrogens is 232 g/mol. The Hall–Kier alpha value is -1.46. The van der Waals surface area contributed by atoms with Gasteiger partial charge in [-0.1, -0.05) is 0 Å². The molecule has 0 aromatic carbocycles. The fourth-order valence-electron chi connectivity index (χ4n) is 2.15. The van der Waals surface area contributed by atoms with Crippen LogP contribution in [0.5, 0.6) is 0 Å². The molecule has 1 aliphatic rings. The van der Waals surface area contributed by atoms with Crippen molar-refractivity contribution in [3.8, 4) is 0 Å². The lowest BCUT2D eigenvalue weighted by molar-refractivity contribution is 0.0694. The van der Waals surface area contributed by atoms with Gasteiger partial charge in [0.05, 0.1) is 17.9 Å². The molecule has 98 valence electrons. The van der Waals surface area contributed by atoms with Gasteiger partial charge >= 0.3 is 5.97 Å². The summed E-state index contributed by atoms with van der Waals surface area (Å²) in [6.45, 7) is 4.17. The van der Waals surface area contributed by atoms with Gasteiger partial charge in [-0.05, 0) is 31.4 Å². The van der Waals surface area contributed by atoms with E-state index in [0.717, 1.165) is 19.6 Å². The molecule has 2 heterocycles. The van der Waals surface area contributed by atoms with Crippen LogP contribution in [0.1, 0.15) is 29.4 Å². The highest BCUT2D eigenvalue weighted by Crippen LogP contribution is 2.17. The van der Waals surface area contributed by atoms with Crippen LogP contribution in [-0.2, 0) is 11.3 Å². The molecule has 1 aliphatic heterocycles. The normalized spacial score (nSPS) is 20.8. The first-order valence-electron chi connectivity index (χ1n) is 6.17. The molecule has 1 aromatic rings. The first kappa shape index (κ1) is 13.0. The molecule has 5 nitrogen and oxygen atoms in total. The van der Waals surface area contributed by atoms with Crippen molar-refractivity contribution in [1.29, 1.82) is 0 Å². The minimum Gasteiger partial charge on any atom is -0.478 e. The molecule has 1 fully saturated rings. The third-order valence-electron chi connectivity index (χ3n) is 3.38. The van der Waals surface area contributed by atoms with Crippen LogP contribution in [0.15, 0.2) is 18.3 Å². The smallest absolute Gasteiger partial charge is 0.337 e. The van der Waals surface area contributed by atoms with Crippen LogP contribution >= 0.6 is 0 Å². The lowest BCUT2D eigenvalue weighted by Gasteiger charge is -2.19. The first-order chi connectivity index (χ1) is 8.68. The Balaban J connectivity index is 1.95. The fourth-order valence-corrected chi connectivity index (χ4v) is 2.15. The molecule has 0 saturated carbocycles. The van der Waals surface area contributed by atoms with Crippen molar-refractivity contribution in [2.45, 2.75) is 25.9 Å². The Morgan fingerprint density at radius 1 is 1.72 bits per heavy atom. The Kier molecular flexibility index (Phi) is 4.28. The minimum atomic E-state index is -0.934. The number of ether oxygens (including phenoxy) is 1. The average Bonchev–Trinajstić information content (AvgIpc) is 2.90. The van der Waals surface area contributed by atoms with Gasteiger partial charge in [0.25, 0.3) is 0 Å². The summed E-state index contributed by atoms with van der Waals surface area (Å²) < 4.78 is 5.34. The second-order valence-electron chi connectivity index (χ2n) is 4.60. The summed E-state index contributed by atoms with van der Waals surface area (Å²) in [5, 5.41) is 12.4. The van der Waals surface area contributed by atoms with Gasteiger partial charge in [0.15, 0.2) is 0 Å². The zero-order valence-corrected chi connectivity index (χ0v) is 10.4. The maximum atomic E-state index is 11.0. The van der Waals surface area contributed by atoms with E-state index >= 15 is 0 Å². The van der Waals surface area contributed by atoms with Crippen LogP contribution < -0.4 is 5.32 Å². The minimum absolute atomic E-state index is 0.264. The van der Waals surface area contributed by atoms with E-state index in [1.807, 2.05) is 0 Å². The number of carboxylic acids is 1. The van der Waals surface area contributed by atoms with Crippen LogP contribution in [0.4, 0.5) is 0 Å². The average molecular weight is 250 g/mol. The highest BCUT2D eigenvalue weighted by atomic mass is 16.5. The summed E-state index contributed by atoms with van der Waals surface area (Å²) in [6, 6.07) is 3.52. The van der Waals surface area contributed by atoms with Gasteiger partial charge in [0.1, 0.15) is 0 Å². The van der Waals surface area contributed by atoms with Crippen molar-refractivity contribution >= 4 is 5.97 Å². The standard InChI is InChI=1S/C13H18N2O3/c1-9(10-4-6-18-8-10)15-7-12-11(13(16)17)3-2-5-14-12/h2-3,5,9-10,15H,4,6-8H2,1H3,(H,16,17). The zero-order valence-electron chi connectivity index (χ0n) is 10.4. The largest absolute Gasteiger partial charge is 0.478 e. The molecule has 0 radical (unpaired) electrons. The molecule has 5 heteroatoms. The van der Waals surface area contributed by atoms with E-state index in [1.54, 1.807) is 18.3 Å². The number of rotatable bonds is 5. The molecule has 2 unspecified atom stereocenters. The second kappa shape index (κ2) is 5.93. The number of carbonyl (C=O) groups is 1. The highest BCUT2D eigenvalue weighted by molar-refractivity contribution is 5.88. The number of carboxylic acid groups (broad SMARTS) is 1. The molecule has 0 aliphatic carbocycles. The van der Waals surface area contributed by atoms with Gasteiger partial charge < -0.3 is 15.2 Å². The van der Waals surface area contributed by atoms with Crippen molar-refractivity contribution < 1.29 is 14.6 Å². The Labute approximate surface area is 106 Å². The molecule has 0 spiro atoms. The van der Waals surface area contributed by atoms with Crippen LogP contribution in [0.25, 0.3) is 0 Å². The van der Waals surface area contributed by atoms with Gasteiger partial charge in [-0.15, -0.1) is 0 Å². The van der Waals surface area contributed by atoms with E-state index in [2.05, 4.69) is 17.2 Å². The number of nitrogens with zero attached hydrogens (tertiary/aromatic N) is 1. The molecule has 2 rings (SSSR count). The van der Waals surface area contributed by atoms with Crippen LogP contribution in [-0.4, -0.2) is 35.3 Å². The van der Waals surface area contributed by atoms with Crippen LogP contribution in [0.2, 0.25) is 0 Å². The van der Waals surface area contributed by atoms with Crippen molar-refractivity contribution in [2.75, 3.05) is 13.2 Å². The highest BCUT2D eigenvalue weighted by Gasteiger charge is 2.22. The number of aromatic carboxylic acids is 1. The molecule has 2 atom stereocenters. The topological polar surface area (TPSA) is 71.5 Å². The monoisotopic (exact) mass is 250 g/mol. The van der Waals surface area contributed by atoms with Gasteiger partial charge in [-0.25, -0.2) is 4.79 Å². The number of hydrogen-bond donors (Lipinski definition) is 2. The molecule has 0 bridgehead atoms. The predicted molar refractivity (Wildman–Crippen MR) is 66.4 cm³/mol. The third kappa shape index (κ3) is 3.05. The summed E-state index contributed by atoms with van der Waals surface area (Å²) in [5.41, 5.74) is 0.843. The Morgan fingerprint density at radius 3 is 3.22 bits per heavy atom. The lowest BCUT2D eigenvalue weighted by Crippen LogP contribution is -2.34. The predicted octanol–water partition coefficient (Wildman–Crippen LogP) is 1.29. The fraction of sp³-hybridized carbons (Fsp3) is 0.538. The van der Waals surface area contributed by atoms with Crippen molar-refractivity contribution in [1.82, 2.24) is 10.3 Å². The zero-order chi connectivity index (χ0) is 13.0. The second-order valence-corrected chi connectivity index (χ2v) is 4.60. The number of pyridine rings is 1. The molecule has 2 N–H and O–H groups in total. The molecule has 0 amide bonds. The molecule has 1 aromatic heterocycles. The lowest BCUT2D eigenvalue weighted by atomic mass is 10.0.